The van der Waals surface area contributed by atoms with Gasteiger partial charge < -0.3 is 4.79 Å². The summed E-state index contributed by atoms with van der Waals surface area (Å²) in [5.41, 5.74) is 1.65. The maximum atomic E-state index is 13.2. The van der Waals surface area contributed by atoms with Crippen molar-refractivity contribution in [3.8, 4) is 0 Å². The third kappa shape index (κ3) is 3.33. The third-order valence-corrected chi connectivity index (χ3v) is 5.35. The highest BCUT2D eigenvalue weighted by molar-refractivity contribution is 6.31. The number of imide groups is 1. The predicted octanol–water partition coefficient (Wildman–Crippen LogP) is 4.50. The van der Waals surface area contributed by atoms with Crippen LogP contribution in [0.2, 0.25) is 5.02 Å². The van der Waals surface area contributed by atoms with E-state index < -0.39 is 17.9 Å². The standard InChI is InChI=1S/C24H16ClNO4/c25-16-10-11-17(20(14-16)22(28)15-6-2-1-3-7-15)21(12-13-27)26-23(29)18-8-4-5-9-19(18)24(26)30/h1-11,13-14,21H,12H2. The van der Waals surface area contributed by atoms with Gasteiger partial charge in [-0.2, -0.15) is 0 Å². The number of rotatable bonds is 6. The van der Waals surface area contributed by atoms with Gasteiger partial charge >= 0.3 is 0 Å². The van der Waals surface area contributed by atoms with Gasteiger partial charge in [-0.3, -0.25) is 19.3 Å². The first kappa shape index (κ1) is 19.7. The quantitative estimate of drug-likeness (QED) is 0.336. The maximum absolute atomic E-state index is 13.2. The van der Waals surface area contributed by atoms with Gasteiger partial charge in [-0.25, -0.2) is 0 Å². The highest BCUT2D eigenvalue weighted by Gasteiger charge is 2.41. The number of fused-ring (bicyclic) bond motifs is 1. The second-order valence-corrected chi connectivity index (χ2v) is 7.31. The molecule has 0 fully saturated rings. The fourth-order valence-electron chi connectivity index (χ4n) is 3.71. The van der Waals surface area contributed by atoms with E-state index in [1.807, 2.05) is 0 Å². The molecule has 2 amide bonds. The van der Waals surface area contributed by atoms with Crippen molar-refractivity contribution >= 4 is 35.5 Å². The summed E-state index contributed by atoms with van der Waals surface area (Å²) in [4.78, 5) is 51.7. The first-order chi connectivity index (χ1) is 14.5. The van der Waals surface area contributed by atoms with E-state index in [2.05, 4.69) is 0 Å². The molecule has 0 aromatic heterocycles. The zero-order chi connectivity index (χ0) is 21.3. The molecule has 1 atom stereocenters. The number of nitrogens with zero attached hydrogens (tertiary/aromatic N) is 1. The van der Waals surface area contributed by atoms with E-state index in [-0.39, 0.29) is 28.9 Å². The first-order valence-electron chi connectivity index (χ1n) is 9.32. The average molecular weight is 418 g/mol. The Labute approximate surface area is 177 Å². The van der Waals surface area contributed by atoms with E-state index in [4.69, 9.17) is 11.6 Å². The average Bonchev–Trinajstić information content (AvgIpc) is 3.03. The second-order valence-electron chi connectivity index (χ2n) is 6.87. The fraction of sp³-hybridized carbons (Fsp3) is 0.0833. The molecule has 0 saturated heterocycles. The minimum absolute atomic E-state index is 0.137. The van der Waals surface area contributed by atoms with Gasteiger partial charge in [0.1, 0.15) is 6.29 Å². The summed E-state index contributed by atoms with van der Waals surface area (Å²) < 4.78 is 0. The lowest BCUT2D eigenvalue weighted by Gasteiger charge is -2.27. The summed E-state index contributed by atoms with van der Waals surface area (Å²) in [5.74, 6) is -1.29. The van der Waals surface area contributed by atoms with Crippen LogP contribution < -0.4 is 0 Å². The van der Waals surface area contributed by atoms with Crippen molar-refractivity contribution in [3.63, 3.8) is 0 Å². The molecule has 148 valence electrons. The van der Waals surface area contributed by atoms with Crippen molar-refractivity contribution in [2.75, 3.05) is 0 Å². The van der Waals surface area contributed by atoms with E-state index in [0.717, 1.165) is 4.90 Å². The first-order valence-corrected chi connectivity index (χ1v) is 9.70. The Bertz CT molecular complexity index is 1140. The predicted molar refractivity (Wildman–Crippen MR) is 112 cm³/mol. The number of carbonyl (C=O) groups is 4. The van der Waals surface area contributed by atoms with Crippen LogP contribution >= 0.6 is 11.6 Å². The molecule has 1 aliphatic rings. The van der Waals surface area contributed by atoms with Crippen LogP contribution in [-0.2, 0) is 4.79 Å². The zero-order valence-corrected chi connectivity index (χ0v) is 16.5. The zero-order valence-electron chi connectivity index (χ0n) is 15.7. The molecule has 0 N–H and O–H groups in total. The minimum atomic E-state index is -0.921. The highest BCUT2D eigenvalue weighted by atomic mass is 35.5. The van der Waals surface area contributed by atoms with Gasteiger partial charge in [-0.1, -0.05) is 60.1 Å². The lowest BCUT2D eigenvalue weighted by molar-refractivity contribution is -0.108. The topological polar surface area (TPSA) is 71.5 Å². The van der Waals surface area contributed by atoms with Crippen molar-refractivity contribution in [1.29, 1.82) is 0 Å². The van der Waals surface area contributed by atoms with E-state index >= 15 is 0 Å². The molecule has 1 heterocycles. The van der Waals surface area contributed by atoms with Crippen molar-refractivity contribution in [2.24, 2.45) is 0 Å². The number of hydrogen-bond donors (Lipinski definition) is 0. The lowest BCUT2D eigenvalue weighted by atomic mass is 9.92. The van der Waals surface area contributed by atoms with Gasteiger partial charge in [0.2, 0.25) is 0 Å². The van der Waals surface area contributed by atoms with E-state index in [9.17, 15) is 19.2 Å². The van der Waals surface area contributed by atoms with E-state index in [1.165, 1.54) is 6.07 Å². The molecule has 0 aliphatic carbocycles. The largest absolute Gasteiger partial charge is 0.303 e. The Kier molecular flexibility index (Phi) is 5.29. The molecule has 0 saturated carbocycles. The number of benzene rings is 3. The Morgan fingerprint density at radius 3 is 2.10 bits per heavy atom. The molecule has 5 nitrogen and oxygen atoms in total. The molecule has 30 heavy (non-hydrogen) atoms. The summed E-state index contributed by atoms with van der Waals surface area (Å²) in [6.45, 7) is 0. The summed E-state index contributed by atoms with van der Waals surface area (Å²) in [6, 6.07) is 18.9. The number of ketones is 1. The van der Waals surface area contributed by atoms with Gasteiger partial charge in [-0.15, -0.1) is 0 Å². The highest BCUT2D eigenvalue weighted by Crippen LogP contribution is 2.36. The number of amides is 2. The molecule has 1 aliphatic heterocycles. The van der Waals surface area contributed by atoms with Crippen LogP contribution in [0.15, 0.2) is 72.8 Å². The summed E-state index contributed by atoms with van der Waals surface area (Å²) >= 11 is 6.15. The van der Waals surface area contributed by atoms with Gasteiger partial charge in [-0.05, 0) is 29.8 Å². The van der Waals surface area contributed by atoms with Gasteiger partial charge in [0.25, 0.3) is 11.8 Å². The SMILES string of the molecule is O=CCC(c1ccc(Cl)cc1C(=O)c1ccccc1)N1C(=O)c2ccccc2C1=O. The lowest BCUT2D eigenvalue weighted by Crippen LogP contribution is -2.35. The minimum Gasteiger partial charge on any atom is -0.303 e. The van der Waals surface area contributed by atoms with Crippen molar-refractivity contribution in [2.45, 2.75) is 12.5 Å². The van der Waals surface area contributed by atoms with Crippen molar-refractivity contribution in [1.82, 2.24) is 4.90 Å². The summed E-state index contributed by atoms with van der Waals surface area (Å²) in [7, 11) is 0. The van der Waals surface area contributed by atoms with Crippen LogP contribution in [0, 0.1) is 0 Å². The van der Waals surface area contributed by atoms with Gasteiger partial charge in [0.05, 0.1) is 17.2 Å². The molecule has 0 bridgehead atoms. The molecule has 1 unspecified atom stereocenters. The smallest absolute Gasteiger partial charge is 0.262 e. The number of halogens is 1. The number of carbonyl (C=O) groups excluding carboxylic acids is 4. The molecule has 4 rings (SSSR count). The molecule has 6 heteroatoms. The summed E-state index contributed by atoms with van der Waals surface area (Å²) in [5, 5.41) is 0.338. The maximum Gasteiger partial charge on any atom is 0.262 e. The van der Waals surface area contributed by atoms with Crippen LogP contribution in [0.1, 0.15) is 54.7 Å². The Morgan fingerprint density at radius 1 is 0.900 bits per heavy atom. The normalized spacial score (nSPS) is 13.8. The molecule has 3 aromatic carbocycles. The van der Waals surface area contributed by atoms with E-state index in [0.29, 0.717) is 22.4 Å². The molecule has 3 aromatic rings. The Morgan fingerprint density at radius 2 is 1.50 bits per heavy atom. The Hall–Kier alpha value is -3.57. The van der Waals surface area contributed by atoms with Crippen molar-refractivity contribution in [3.05, 3.63) is 106 Å². The Balaban J connectivity index is 1.83. The molecular formula is C24H16ClNO4. The monoisotopic (exact) mass is 417 g/mol. The third-order valence-electron chi connectivity index (χ3n) is 5.11. The van der Waals surface area contributed by atoms with Crippen LogP contribution in [-0.4, -0.2) is 28.8 Å². The number of aldehydes is 1. The van der Waals surface area contributed by atoms with Crippen molar-refractivity contribution < 1.29 is 19.2 Å². The van der Waals surface area contributed by atoms with E-state index in [1.54, 1.807) is 66.7 Å². The second kappa shape index (κ2) is 8.05. The van der Waals surface area contributed by atoms with Gasteiger partial charge in [0, 0.05) is 22.6 Å². The summed E-state index contributed by atoms with van der Waals surface area (Å²) in [6.07, 6.45) is 0.502. The number of hydrogen-bond acceptors (Lipinski definition) is 4. The molecule has 0 radical (unpaired) electrons. The van der Waals surface area contributed by atoms with Crippen LogP contribution in [0.25, 0.3) is 0 Å². The van der Waals surface area contributed by atoms with Crippen LogP contribution in [0.3, 0.4) is 0 Å². The molecular weight excluding hydrogens is 402 g/mol. The van der Waals surface area contributed by atoms with Gasteiger partial charge in [0.15, 0.2) is 5.78 Å². The van der Waals surface area contributed by atoms with Crippen LogP contribution in [0.5, 0.6) is 0 Å². The fourth-order valence-corrected chi connectivity index (χ4v) is 3.89. The van der Waals surface area contributed by atoms with Crippen LogP contribution in [0.4, 0.5) is 0 Å². The molecule has 0 spiro atoms.